The van der Waals surface area contributed by atoms with Crippen molar-refractivity contribution in [1.82, 2.24) is 0 Å². The molecule has 7 atom stereocenters. The van der Waals surface area contributed by atoms with E-state index in [4.69, 9.17) is 9.47 Å². The van der Waals surface area contributed by atoms with Gasteiger partial charge >= 0.3 is 18.1 Å². The number of esters is 2. The molecular weight excluding hydrogens is 473 g/mol. The van der Waals surface area contributed by atoms with Crippen LogP contribution in [-0.4, -0.2) is 30.4 Å². The predicted molar refractivity (Wildman–Crippen MR) is 122 cm³/mol. The van der Waals surface area contributed by atoms with Crippen molar-refractivity contribution in [3.63, 3.8) is 0 Å². The first-order chi connectivity index (χ1) is 16.9. The summed E-state index contributed by atoms with van der Waals surface area (Å²) >= 11 is 0. The van der Waals surface area contributed by atoms with Crippen LogP contribution in [0.4, 0.5) is 13.2 Å². The van der Waals surface area contributed by atoms with Crippen LogP contribution in [0.25, 0.3) is 0 Å². The second-order valence-electron chi connectivity index (χ2n) is 11.8. The van der Waals surface area contributed by atoms with Crippen LogP contribution in [0.3, 0.4) is 0 Å². The molecule has 1 spiro atoms. The second kappa shape index (κ2) is 7.45. The number of ether oxygens (including phenoxy) is 2. The number of ketones is 1. The molecule has 5 saturated carbocycles. The van der Waals surface area contributed by atoms with E-state index in [0.717, 1.165) is 43.5 Å². The van der Waals surface area contributed by atoms with E-state index in [1.165, 1.54) is 0 Å². The van der Waals surface area contributed by atoms with Crippen molar-refractivity contribution in [1.29, 1.82) is 0 Å². The molecule has 6 fully saturated rings. The molecule has 1 aliphatic heterocycles. The van der Waals surface area contributed by atoms with Gasteiger partial charge in [0.15, 0.2) is 5.78 Å². The van der Waals surface area contributed by atoms with Crippen molar-refractivity contribution < 1.29 is 37.0 Å². The lowest BCUT2D eigenvalue weighted by Gasteiger charge is -2.69. The summed E-state index contributed by atoms with van der Waals surface area (Å²) in [4.78, 5) is 40.6. The lowest BCUT2D eigenvalue weighted by atomic mass is 9.35. The smallest absolute Gasteiger partial charge is 0.416 e. The van der Waals surface area contributed by atoms with Gasteiger partial charge in [-0.3, -0.25) is 9.59 Å². The Morgan fingerprint density at radius 1 is 1.06 bits per heavy atom. The number of rotatable bonds is 2. The normalized spacial score (nSPS) is 41.3. The first-order valence-electron chi connectivity index (χ1n) is 12.7. The Balaban J connectivity index is 1.41. The predicted octanol–water partition coefficient (Wildman–Crippen LogP) is 5.53. The summed E-state index contributed by atoms with van der Waals surface area (Å²) in [5, 5.41) is 0. The lowest BCUT2D eigenvalue weighted by molar-refractivity contribution is -0.254. The van der Waals surface area contributed by atoms with Crippen LogP contribution in [0.5, 0.6) is 0 Å². The van der Waals surface area contributed by atoms with Gasteiger partial charge in [-0.1, -0.05) is 19.9 Å². The van der Waals surface area contributed by atoms with Crippen molar-refractivity contribution in [2.24, 2.45) is 34.0 Å². The number of hydrogen-bond acceptors (Lipinski definition) is 5. The molecular formula is C28H29F3O5. The first kappa shape index (κ1) is 23.7. The van der Waals surface area contributed by atoms with Crippen LogP contribution in [0.2, 0.25) is 0 Å². The minimum Gasteiger partial charge on any atom is -0.465 e. The molecule has 5 nitrogen and oxygen atoms in total. The van der Waals surface area contributed by atoms with Crippen LogP contribution < -0.4 is 0 Å². The van der Waals surface area contributed by atoms with Gasteiger partial charge in [0.05, 0.1) is 28.6 Å². The zero-order valence-electron chi connectivity index (χ0n) is 20.2. The fourth-order valence-corrected chi connectivity index (χ4v) is 8.64. The average Bonchev–Trinajstić information content (AvgIpc) is 2.84. The van der Waals surface area contributed by atoms with Crippen LogP contribution >= 0.6 is 0 Å². The minimum atomic E-state index is -4.51. The molecule has 0 amide bonds. The average molecular weight is 503 g/mol. The molecule has 0 aromatic heterocycles. The number of alkyl halides is 3. The Labute approximate surface area is 207 Å². The number of Topliss-reactive ketones (excluding diaryl/α,β-unsaturated/α-hetero) is 1. The molecule has 2 unspecified atom stereocenters. The van der Waals surface area contributed by atoms with Gasteiger partial charge in [0.25, 0.3) is 0 Å². The van der Waals surface area contributed by atoms with Crippen molar-refractivity contribution in [2.75, 3.05) is 6.61 Å². The molecule has 8 heteroatoms. The van der Waals surface area contributed by atoms with E-state index >= 15 is 0 Å². The Hall–Kier alpha value is -2.64. The molecule has 1 saturated heterocycles. The highest BCUT2D eigenvalue weighted by molar-refractivity contribution is 6.03. The summed E-state index contributed by atoms with van der Waals surface area (Å²) in [7, 11) is 0. The highest BCUT2D eigenvalue weighted by Gasteiger charge is 2.76. The quantitative estimate of drug-likeness (QED) is 0.393. The number of halogens is 3. The van der Waals surface area contributed by atoms with Crippen LogP contribution in [0.15, 0.2) is 36.4 Å². The molecule has 0 radical (unpaired) electrons. The summed E-state index contributed by atoms with van der Waals surface area (Å²) < 4.78 is 50.8. The van der Waals surface area contributed by atoms with Crippen LogP contribution in [-0.2, 0) is 25.2 Å². The van der Waals surface area contributed by atoms with E-state index < -0.39 is 34.6 Å². The molecule has 1 heterocycles. The van der Waals surface area contributed by atoms with Crippen LogP contribution in [0, 0.1) is 34.0 Å². The van der Waals surface area contributed by atoms with E-state index in [9.17, 15) is 27.6 Å². The third kappa shape index (κ3) is 2.93. The second-order valence-corrected chi connectivity index (χ2v) is 11.8. The number of allylic oxidation sites excluding steroid dienone is 1. The van der Waals surface area contributed by atoms with Gasteiger partial charge in [-0.2, -0.15) is 13.2 Å². The van der Waals surface area contributed by atoms with E-state index in [1.807, 2.05) is 0 Å². The Kier molecular flexibility index (Phi) is 4.91. The monoisotopic (exact) mass is 502 g/mol. The molecule has 7 rings (SSSR count). The van der Waals surface area contributed by atoms with Gasteiger partial charge in [0.2, 0.25) is 0 Å². The standard InChI is InChI=1S/C28H29F3O5/c1-15-17-8-11-27(22(15)32)20(12-17)26-10-3-9-25(2,14-35-24(26)34)19(26)13-21(27)36-23(33)16-4-6-18(7-5-16)28(29,30)31/h4-7,17,19-21H,1,3,8-14H2,2H3/t17-,19?,20?,21+,25-,26-,27+/m0/s1. The van der Waals surface area contributed by atoms with E-state index in [1.54, 1.807) is 0 Å². The van der Waals surface area contributed by atoms with Crippen molar-refractivity contribution in [3.8, 4) is 0 Å². The maximum Gasteiger partial charge on any atom is 0.416 e. The Morgan fingerprint density at radius 2 is 1.78 bits per heavy atom. The Morgan fingerprint density at radius 3 is 2.47 bits per heavy atom. The number of fused-ring (bicyclic) bond motifs is 2. The van der Waals surface area contributed by atoms with Crippen molar-refractivity contribution >= 4 is 17.7 Å². The molecule has 5 aliphatic carbocycles. The number of carbonyl (C=O) groups excluding carboxylic acids is 3. The van der Waals surface area contributed by atoms with Gasteiger partial charge in [-0.25, -0.2) is 4.79 Å². The summed E-state index contributed by atoms with van der Waals surface area (Å²) in [5.41, 5.74) is -2.43. The molecule has 1 aromatic carbocycles. The van der Waals surface area contributed by atoms with E-state index in [-0.39, 0.29) is 40.5 Å². The Bertz CT molecular complexity index is 1170. The zero-order valence-corrected chi connectivity index (χ0v) is 20.2. The van der Waals surface area contributed by atoms with Crippen LogP contribution in [0.1, 0.15) is 67.8 Å². The highest BCUT2D eigenvalue weighted by atomic mass is 19.4. The van der Waals surface area contributed by atoms with Crippen molar-refractivity contribution in [3.05, 3.63) is 47.5 Å². The number of cyclic esters (lactones) is 1. The maximum atomic E-state index is 13.9. The number of benzene rings is 1. The fourth-order valence-electron chi connectivity index (χ4n) is 8.64. The van der Waals surface area contributed by atoms with Gasteiger partial charge in [-0.05, 0) is 86.1 Å². The van der Waals surface area contributed by atoms with Gasteiger partial charge in [0.1, 0.15) is 6.10 Å². The molecule has 36 heavy (non-hydrogen) atoms. The largest absolute Gasteiger partial charge is 0.465 e. The van der Waals surface area contributed by atoms with E-state index in [2.05, 4.69) is 13.5 Å². The SMILES string of the molecule is C=C1C(=O)[C@]23CC[C@H]1CC2[C@@]12CCC[C@@](C)(COC1=O)C2C[C@H]3OC(=O)c1ccc(C(F)(F)F)cc1. The molecule has 1 aromatic rings. The van der Waals surface area contributed by atoms with E-state index in [0.29, 0.717) is 37.9 Å². The summed E-state index contributed by atoms with van der Waals surface area (Å²) in [5.74, 6) is -1.50. The third-order valence-electron chi connectivity index (χ3n) is 10.3. The first-order valence-corrected chi connectivity index (χ1v) is 12.7. The lowest BCUT2D eigenvalue weighted by Crippen LogP contribution is -2.73. The number of hydrogen-bond donors (Lipinski definition) is 0. The number of carbonyl (C=O) groups is 3. The topological polar surface area (TPSA) is 69.7 Å². The summed E-state index contributed by atoms with van der Waals surface area (Å²) in [6.45, 7) is 6.49. The third-order valence-corrected chi connectivity index (χ3v) is 10.3. The zero-order chi connectivity index (χ0) is 25.7. The molecule has 6 aliphatic rings. The summed E-state index contributed by atoms with van der Waals surface area (Å²) in [6.07, 6.45) is -0.622. The molecule has 4 bridgehead atoms. The fraction of sp³-hybridized carbons (Fsp3) is 0.607. The molecule has 0 N–H and O–H groups in total. The maximum absolute atomic E-state index is 13.9. The molecule has 192 valence electrons. The minimum absolute atomic E-state index is 0.00136. The van der Waals surface area contributed by atoms with Gasteiger partial charge in [0, 0.05) is 5.41 Å². The summed E-state index contributed by atoms with van der Waals surface area (Å²) in [6, 6.07) is 3.93. The van der Waals surface area contributed by atoms with Crippen molar-refractivity contribution in [2.45, 2.75) is 64.1 Å². The van der Waals surface area contributed by atoms with Gasteiger partial charge in [-0.15, -0.1) is 0 Å². The highest BCUT2D eigenvalue weighted by Crippen LogP contribution is 2.73. The van der Waals surface area contributed by atoms with Gasteiger partial charge < -0.3 is 9.47 Å².